The molecule has 1 aromatic carbocycles. The monoisotopic (exact) mass is 353 g/mol. The van der Waals surface area contributed by atoms with Gasteiger partial charge in [0.15, 0.2) is 5.78 Å². The number of Topliss-reactive ketones (excluding diaryl/α,β-unsaturated/α-hetero) is 1. The van der Waals surface area contributed by atoms with E-state index in [0.29, 0.717) is 28.1 Å². The van der Waals surface area contributed by atoms with Crippen molar-refractivity contribution < 1.29 is 14.0 Å². The molecular formula is C19H19N3O4. The van der Waals surface area contributed by atoms with Crippen LogP contribution in [0.25, 0.3) is 11.1 Å². The number of amides is 1. The van der Waals surface area contributed by atoms with Crippen LogP contribution in [0.1, 0.15) is 35.0 Å². The summed E-state index contributed by atoms with van der Waals surface area (Å²) >= 11 is 0. The van der Waals surface area contributed by atoms with Crippen molar-refractivity contribution in [2.24, 2.45) is 0 Å². The Bertz CT molecular complexity index is 1050. The molecule has 0 atom stereocenters. The van der Waals surface area contributed by atoms with Crippen LogP contribution in [0.5, 0.6) is 0 Å². The van der Waals surface area contributed by atoms with E-state index in [2.05, 4.69) is 10.3 Å². The number of nitrogens with one attached hydrogen (secondary N) is 1. The molecule has 0 unspecified atom stereocenters. The molecule has 0 spiro atoms. The number of fused-ring (bicyclic) bond motifs is 1. The highest BCUT2D eigenvalue weighted by molar-refractivity contribution is 5.95. The van der Waals surface area contributed by atoms with E-state index in [1.165, 1.54) is 17.8 Å². The number of rotatable bonds is 5. The van der Waals surface area contributed by atoms with E-state index in [-0.39, 0.29) is 30.2 Å². The highest BCUT2D eigenvalue weighted by atomic mass is 16.3. The molecule has 0 fully saturated rings. The molecule has 0 radical (unpaired) electrons. The van der Waals surface area contributed by atoms with Gasteiger partial charge in [0.2, 0.25) is 11.6 Å². The summed E-state index contributed by atoms with van der Waals surface area (Å²) in [5.74, 6) is 0.400. The van der Waals surface area contributed by atoms with Gasteiger partial charge in [0.25, 0.3) is 5.56 Å². The van der Waals surface area contributed by atoms with E-state index in [4.69, 9.17) is 4.42 Å². The van der Waals surface area contributed by atoms with Crippen LogP contribution in [-0.2, 0) is 11.3 Å². The SMILES string of the molecule is CC(=O)c1ccc(NC(=O)CCn2cnc3oc(C)c(C)c3c2=O)cc1. The van der Waals surface area contributed by atoms with Gasteiger partial charge in [-0.15, -0.1) is 0 Å². The first kappa shape index (κ1) is 17.6. The van der Waals surface area contributed by atoms with E-state index in [9.17, 15) is 14.4 Å². The summed E-state index contributed by atoms with van der Waals surface area (Å²) in [5.41, 5.74) is 2.04. The van der Waals surface area contributed by atoms with E-state index in [0.717, 1.165) is 5.56 Å². The van der Waals surface area contributed by atoms with Crippen molar-refractivity contribution in [1.29, 1.82) is 0 Å². The van der Waals surface area contributed by atoms with Crippen molar-refractivity contribution in [2.75, 3.05) is 5.32 Å². The number of hydrogen-bond donors (Lipinski definition) is 1. The predicted molar refractivity (Wildman–Crippen MR) is 97.4 cm³/mol. The van der Waals surface area contributed by atoms with Crippen LogP contribution in [0.2, 0.25) is 0 Å². The topological polar surface area (TPSA) is 94.2 Å². The number of furan rings is 1. The largest absolute Gasteiger partial charge is 0.443 e. The number of carbonyl (C=O) groups excluding carboxylic acids is 2. The maximum absolute atomic E-state index is 12.5. The Labute approximate surface area is 149 Å². The average Bonchev–Trinajstić information content (AvgIpc) is 2.90. The van der Waals surface area contributed by atoms with Gasteiger partial charge < -0.3 is 9.73 Å². The maximum Gasteiger partial charge on any atom is 0.264 e. The zero-order chi connectivity index (χ0) is 18.8. The Morgan fingerprint density at radius 2 is 1.88 bits per heavy atom. The number of aromatic nitrogens is 2. The predicted octanol–water partition coefficient (Wildman–Crippen LogP) is 2.84. The van der Waals surface area contributed by atoms with Crippen LogP contribution < -0.4 is 10.9 Å². The molecule has 134 valence electrons. The van der Waals surface area contributed by atoms with Gasteiger partial charge in [0, 0.05) is 29.8 Å². The maximum atomic E-state index is 12.5. The van der Waals surface area contributed by atoms with Crippen molar-refractivity contribution in [3.63, 3.8) is 0 Å². The summed E-state index contributed by atoms with van der Waals surface area (Å²) in [6.45, 7) is 5.29. The van der Waals surface area contributed by atoms with Crippen LogP contribution in [0.4, 0.5) is 5.69 Å². The fraction of sp³-hybridized carbons (Fsp3) is 0.263. The van der Waals surface area contributed by atoms with Gasteiger partial charge in [-0.1, -0.05) is 0 Å². The molecule has 1 N–H and O–H groups in total. The molecule has 2 aromatic heterocycles. The number of hydrogen-bond acceptors (Lipinski definition) is 5. The average molecular weight is 353 g/mol. The number of nitrogens with zero attached hydrogens (tertiary/aromatic N) is 2. The van der Waals surface area contributed by atoms with Gasteiger partial charge in [-0.3, -0.25) is 19.0 Å². The Morgan fingerprint density at radius 3 is 2.54 bits per heavy atom. The first-order valence-electron chi connectivity index (χ1n) is 8.23. The van der Waals surface area contributed by atoms with Crippen LogP contribution in [0.15, 0.2) is 39.8 Å². The zero-order valence-corrected chi connectivity index (χ0v) is 14.8. The number of benzene rings is 1. The van der Waals surface area contributed by atoms with Crippen LogP contribution in [0.3, 0.4) is 0 Å². The summed E-state index contributed by atoms with van der Waals surface area (Å²) in [6.07, 6.45) is 1.51. The standard InChI is InChI=1S/C19H19N3O4/c1-11-13(3)26-18-17(11)19(25)22(10-20-18)9-8-16(24)21-15-6-4-14(5-7-15)12(2)23/h4-7,10H,8-9H2,1-3H3,(H,21,24). The van der Waals surface area contributed by atoms with Crippen LogP contribution in [-0.4, -0.2) is 21.2 Å². The second kappa shape index (κ2) is 6.95. The first-order valence-corrected chi connectivity index (χ1v) is 8.23. The lowest BCUT2D eigenvalue weighted by molar-refractivity contribution is -0.116. The minimum atomic E-state index is -0.229. The molecule has 3 aromatic rings. The molecule has 0 bridgehead atoms. The van der Waals surface area contributed by atoms with Gasteiger partial charge in [0.1, 0.15) is 17.5 Å². The minimum absolute atomic E-state index is 0.0325. The smallest absolute Gasteiger partial charge is 0.264 e. The summed E-state index contributed by atoms with van der Waals surface area (Å²) < 4.78 is 6.84. The number of carbonyl (C=O) groups is 2. The quantitative estimate of drug-likeness (QED) is 0.712. The van der Waals surface area contributed by atoms with E-state index >= 15 is 0 Å². The van der Waals surface area contributed by atoms with Crippen molar-refractivity contribution in [3.8, 4) is 0 Å². The third kappa shape index (κ3) is 3.42. The van der Waals surface area contributed by atoms with Gasteiger partial charge in [-0.25, -0.2) is 4.98 Å². The Hall–Kier alpha value is -3.22. The normalized spacial score (nSPS) is 10.9. The highest BCUT2D eigenvalue weighted by Gasteiger charge is 2.14. The molecule has 0 aliphatic rings. The van der Waals surface area contributed by atoms with Crippen LogP contribution >= 0.6 is 0 Å². The van der Waals surface area contributed by atoms with E-state index in [1.807, 2.05) is 6.92 Å². The van der Waals surface area contributed by atoms with Gasteiger partial charge >= 0.3 is 0 Å². The molecule has 7 nitrogen and oxygen atoms in total. The molecule has 1 amide bonds. The molecule has 0 aliphatic carbocycles. The number of anilines is 1. The summed E-state index contributed by atoms with van der Waals surface area (Å²) in [7, 11) is 0. The number of ketones is 1. The fourth-order valence-corrected chi connectivity index (χ4v) is 2.66. The lowest BCUT2D eigenvalue weighted by Crippen LogP contribution is -2.23. The van der Waals surface area contributed by atoms with Crippen LogP contribution in [0, 0.1) is 13.8 Å². The Morgan fingerprint density at radius 1 is 1.19 bits per heavy atom. The minimum Gasteiger partial charge on any atom is -0.443 e. The van der Waals surface area contributed by atoms with Gasteiger partial charge in [-0.2, -0.15) is 0 Å². The molecule has 7 heteroatoms. The summed E-state index contributed by atoms with van der Waals surface area (Å²) in [6, 6.07) is 6.66. The van der Waals surface area contributed by atoms with Gasteiger partial charge in [0.05, 0.1) is 0 Å². The van der Waals surface area contributed by atoms with Crippen molar-refractivity contribution in [2.45, 2.75) is 33.7 Å². The number of aryl methyl sites for hydroxylation is 3. The molecule has 2 heterocycles. The Kier molecular flexibility index (Phi) is 4.71. The van der Waals surface area contributed by atoms with E-state index in [1.54, 1.807) is 31.2 Å². The van der Waals surface area contributed by atoms with Gasteiger partial charge in [-0.05, 0) is 45.0 Å². The molecule has 0 saturated heterocycles. The van der Waals surface area contributed by atoms with Crippen molar-refractivity contribution >= 4 is 28.5 Å². The summed E-state index contributed by atoms with van der Waals surface area (Å²) in [5, 5.41) is 3.20. The zero-order valence-electron chi connectivity index (χ0n) is 14.8. The summed E-state index contributed by atoms with van der Waals surface area (Å²) in [4.78, 5) is 40.1. The lowest BCUT2D eigenvalue weighted by Gasteiger charge is -2.07. The molecule has 0 saturated carbocycles. The van der Waals surface area contributed by atoms with Crippen molar-refractivity contribution in [1.82, 2.24) is 9.55 Å². The third-order valence-electron chi connectivity index (χ3n) is 4.31. The first-order chi connectivity index (χ1) is 12.4. The fourth-order valence-electron chi connectivity index (χ4n) is 2.66. The highest BCUT2D eigenvalue weighted by Crippen LogP contribution is 2.19. The second-order valence-electron chi connectivity index (χ2n) is 6.14. The molecular weight excluding hydrogens is 334 g/mol. The Balaban J connectivity index is 1.69. The molecule has 0 aliphatic heterocycles. The third-order valence-corrected chi connectivity index (χ3v) is 4.31. The van der Waals surface area contributed by atoms with Crippen molar-refractivity contribution in [3.05, 3.63) is 57.8 Å². The second-order valence-corrected chi connectivity index (χ2v) is 6.14. The lowest BCUT2D eigenvalue weighted by atomic mass is 10.1. The van der Waals surface area contributed by atoms with E-state index < -0.39 is 0 Å². The molecule has 3 rings (SSSR count). The molecule has 26 heavy (non-hydrogen) atoms.